The van der Waals surface area contributed by atoms with Crippen molar-refractivity contribution in [2.45, 2.75) is 56.4 Å². The van der Waals surface area contributed by atoms with E-state index in [0.717, 1.165) is 24.3 Å². The van der Waals surface area contributed by atoms with E-state index >= 15 is 0 Å². The fourth-order valence-corrected chi connectivity index (χ4v) is 4.36. The predicted octanol–water partition coefficient (Wildman–Crippen LogP) is 5.50. The van der Waals surface area contributed by atoms with Gasteiger partial charge in [-0.25, -0.2) is 0 Å². The molecule has 1 atom stereocenters. The number of nitrogens with one attached hydrogen (secondary N) is 1. The lowest BCUT2D eigenvalue weighted by Crippen LogP contribution is -2.30. The molecule has 0 saturated heterocycles. The van der Waals surface area contributed by atoms with Gasteiger partial charge in [-0.3, -0.25) is 4.79 Å². The Labute approximate surface area is 166 Å². The third kappa shape index (κ3) is 5.52. The molecule has 144 valence electrons. The van der Waals surface area contributed by atoms with Gasteiger partial charge >= 0.3 is 0 Å². The molecule has 2 aromatic carbocycles. The van der Waals surface area contributed by atoms with Crippen LogP contribution in [0, 0.1) is 0 Å². The SMILES string of the molecule is CC(C)(C)c1ccc(OCCCC(=O)N[C@@H]2CCSc3ccccc32)cc1. The Bertz CT molecular complexity index is 765. The van der Waals surface area contributed by atoms with E-state index in [0.29, 0.717) is 13.0 Å². The van der Waals surface area contributed by atoms with Crippen molar-refractivity contribution in [2.75, 3.05) is 12.4 Å². The van der Waals surface area contributed by atoms with Gasteiger partial charge in [0.2, 0.25) is 5.91 Å². The summed E-state index contributed by atoms with van der Waals surface area (Å²) in [4.78, 5) is 13.6. The van der Waals surface area contributed by atoms with Crippen LogP contribution in [0.2, 0.25) is 0 Å². The normalized spacial score (nSPS) is 16.5. The minimum atomic E-state index is 0.105. The third-order valence-electron chi connectivity index (χ3n) is 4.83. The average molecular weight is 384 g/mol. The first-order valence-electron chi connectivity index (χ1n) is 9.68. The van der Waals surface area contributed by atoms with E-state index in [2.05, 4.69) is 56.4 Å². The molecule has 0 saturated carbocycles. The number of carbonyl (C=O) groups excluding carboxylic acids is 1. The maximum absolute atomic E-state index is 12.3. The molecule has 4 heteroatoms. The summed E-state index contributed by atoms with van der Waals surface area (Å²) in [6.07, 6.45) is 2.20. The molecule has 1 N–H and O–H groups in total. The summed E-state index contributed by atoms with van der Waals surface area (Å²) >= 11 is 1.87. The second kappa shape index (κ2) is 8.83. The predicted molar refractivity (Wildman–Crippen MR) is 113 cm³/mol. The topological polar surface area (TPSA) is 38.3 Å². The second-order valence-corrected chi connectivity index (χ2v) is 9.16. The Morgan fingerprint density at radius 2 is 1.89 bits per heavy atom. The van der Waals surface area contributed by atoms with Gasteiger partial charge in [-0.15, -0.1) is 11.8 Å². The van der Waals surface area contributed by atoms with Crippen molar-refractivity contribution in [1.82, 2.24) is 5.32 Å². The van der Waals surface area contributed by atoms with Crippen LogP contribution in [0.15, 0.2) is 53.4 Å². The number of carbonyl (C=O) groups is 1. The van der Waals surface area contributed by atoms with Crippen LogP contribution < -0.4 is 10.1 Å². The Morgan fingerprint density at radius 1 is 1.15 bits per heavy atom. The van der Waals surface area contributed by atoms with Crippen LogP contribution >= 0.6 is 11.8 Å². The third-order valence-corrected chi connectivity index (χ3v) is 5.95. The van der Waals surface area contributed by atoms with E-state index in [4.69, 9.17) is 4.74 Å². The van der Waals surface area contributed by atoms with Crippen LogP contribution in [0.1, 0.15) is 57.2 Å². The van der Waals surface area contributed by atoms with E-state index in [1.54, 1.807) is 0 Å². The van der Waals surface area contributed by atoms with Gasteiger partial charge in [0.25, 0.3) is 0 Å². The summed E-state index contributed by atoms with van der Waals surface area (Å²) in [5, 5.41) is 3.19. The number of hydrogen-bond donors (Lipinski definition) is 1. The first-order chi connectivity index (χ1) is 12.9. The van der Waals surface area contributed by atoms with Gasteiger partial charge in [-0.1, -0.05) is 51.1 Å². The molecule has 0 aliphatic carbocycles. The minimum Gasteiger partial charge on any atom is -0.494 e. The number of fused-ring (bicyclic) bond motifs is 1. The number of thioether (sulfide) groups is 1. The quantitative estimate of drug-likeness (QED) is 0.670. The highest BCUT2D eigenvalue weighted by molar-refractivity contribution is 7.99. The monoisotopic (exact) mass is 383 g/mol. The zero-order valence-corrected chi connectivity index (χ0v) is 17.3. The van der Waals surface area contributed by atoms with Crippen molar-refractivity contribution in [1.29, 1.82) is 0 Å². The molecule has 0 radical (unpaired) electrons. The summed E-state index contributed by atoms with van der Waals surface area (Å²) in [6.45, 7) is 7.15. The maximum atomic E-state index is 12.3. The highest BCUT2D eigenvalue weighted by atomic mass is 32.2. The van der Waals surface area contributed by atoms with Crippen molar-refractivity contribution >= 4 is 17.7 Å². The molecule has 0 unspecified atom stereocenters. The van der Waals surface area contributed by atoms with Crippen LogP contribution in [-0.4, -0.2) is 18.3 Å². The lowest BCUT2D eigenvalue weighted by Gasteiger charge is -2.25. The van der Waals surface area contributed by atoms with Gasteiger partial charge < -0.3 is 10.1 Å². The molecule has 1 aliphatic rings. The summed E-state index contributed by atoms with van der Waals surface area (Å²) in [5.74, 6) is 2.02. The first-order valence-corrected chi connectivity index (χ1v) is 10.7. The fourth-order valence-electron chi connectivity index (χ4n) is 3.23. The molecule has 0 bridgehead atoms. The van der Waals surface area contributed by atoms with Gasteiger partial charge in [-0.05, 0) is 47.6 Å². The molecule has 0 spiro atoms. The highest BCUT2D eigenvalue weighted by Gasteiger charge is 2.21. The molecule has 1 heterocycles. The standard InChI is InChI=1S/C23H29NO2S/c1-23(2,3)17-10-12-18(13-11-17)26-15-6-9-22(25)24-20-14-16-27-21-8-5-4-7-19(20)21/h4-5,7-8,10-13,20H,6,9,14-16H2,1-3H3,(H,24,25)/t20-/m1/s1. The minimum absolute atomic E-state index is 0.105. The summed E-state index contributed by atoms with van der Waals surface area (Å²) in [6, 6.07) is 16.7. The molecule has 3 rings (SSSR count). The molecule has 3 nitrogen and oxygen atoms in total. The van der Waals surface area contributed by atoms with E-state index in [-0.39, 0.29) is 17.4 Å². The average Bonchev–Trinajstić information content (AvgIpc) is 2.65. The van der Waals surface area contributed by atoms with Crippen LogP contribution in [-0.2, 0) is 10.2 Å². The number of benzene rings is 2. The molecular weight excluding hydrogens is 354 g/mol. The Morgan fingerprint density at radius 3 is 2.63 bits per heavy atom. The Balaban J connectivity index is 1.42. The van der Waals surface area contributed by atoms with Crippen LogP contribution in [0.5, 0.6) is 5.75 Å². The second-order valence-electron chi connectivity index (χ2n) is 8.02. The number of amides is 1. The van der Waals surface area contributed by atoms with Gasteiger partial charge in [0, 0.05) is 17.1 Å². The van der Waals surface area contributed by atoms with Crippen molar-refractivity contribution in [3.8, 4) is 5.75 Å². The van der Waals surface area contributed by atoms with Crippen LogP contribution in [0.25, 0.3) is 0 Å². The summed E-state index contributed by atoms with van der Waals surface area (Å²) in [7, 11) is 0. The molecule has 2 aromatic rings. The highest BCUT2D eigenvalue weighted by Crippen LogP contribution is 2.35. The van der Waals surface area contributed by atoms with Crippen molar-refractivity contribution in [3.63, 3.8) is 0 Å². The number of rotatable bonds is 6. The van der Waals surface area contributed by atoms with Crippen LogP contribution in [0.3, 0.4) is 0 Å². The van der Waals surface area contributed by atoms with E-state index in [1.807, 2.05) is 30.0 Å². The summed E-state index contributed by atoms with van der Waals surface area (Å²) < 4.78 is 5.79. The molecule has 1 amide bonds. The maximum Gasteiger partial charge on any atom is 0.220 e. The van der Waals surface area contributed by atoms with E-state index < -0.39 is 0 Å². The zero-order chi connectivity index (χ0) is 19.3. The molecule has 0 fully saturated rings. The molecule has 0 aromatic heterocycles. The van der Waals surface area contributed by atoms with Crippen LogP contribution in [0.4, 0.5) is 0 Å². The molecule has 1 aliphatic heterocycles. The first kappa shape index (κ1) is 19.8. The lowest BCUT2D eigenvalue weighted by atomic mass is 9.87. The zero-order valence-electron chi connectivity index (χ0n) is 16.5. The largest absolute Gasteiger partial charge is 0.494 e. The summed E-state index contributed by atoms with van der Waals surface area (Å²) in [5.41, 5.74) is 2.68. The smallest absolute Gasteiger partial charge is 0.220 e. The van der Waals surface area contributed by atoms with Gasteiger partial charge in [-0.2, -0.15) is 0 Å². The fraction of sp³-hybridized carbons (Fsp3) is 0.435. The lowest BCUT2D eigenvalue weighted by molar-refractivity contribution is -0.122. The van der Waals surface area contributed by atoms with Crippen molar-refractivity contribution in [3.05, 3.63) is 59.7 Å². The Hall–Kier alpha value is -1.94. The van der Waals surface area contributed by atoms with E-state index in [9.17, 15) is 4.79 Å². The van der Waals surface area contributed by atoms with E-state index in [1.165, 1.54) is 16.0 Å². The number of ether oxygens (including phenoxy) is 1. The van der Waals surface area contributed by atoms with Gasteiger partial charge in [0.15, 0.2) is 0 Å². The Kier molecular flexibility index (Phi) is 6.48. The number of hydrogen-bond acceptors (Lipinski definition) is 3. The molecule has 27 heavy (non-hydrogen) atoms. The van der Waals surface area contributed by atoms with Crippen molar-refractivity contribution < 1.29 is 9.53 Å². The molecular formula is C23H29NO2S. The van der Waals surface area contributed by atoms with Gasteiger partial charge in [0.1, 0.15) is 5.75 Å². The van der Waals surface area contributed by atoms with Gasteiger partial charge in [0.05, 0.1) is 12.6 Å². The van der Waals surface area contributed by atoms with Crippen molar-refractivity contribution in [2.24, 2.45) is 0 Å².